The number of thiazole rings is 1. The second-order valence-electron chi connectivity index (χ2n) is 6.46. The Bertz CT molecular complexity index is 1120. The molecule has 0 bridgehead atoms. The number of rotatable bonds is 5. The standard InChI is InChI=1S/C22H19N3O2S2/c1-3-14-6-4-8-17(10-14)25-21(26)19(24-22(25)28)12-16-13-29-20(23-16)15-7-5-9-18(11-15)27-2/h4-13H,3H2,1-2H3,(H,24,28)/b19-12-. The SMILES string of the molecule is CCc1cccc(N2C(=O)/C(=C/c3csc(-c4cccc(OC)c4)n3)NC2=S)c1. The van der Waals surface area contributed by atoms with E-state index in [1.54, 1.807) is 13.2 Å². The van der Waals surface area contributed by atoms with Crippen LogP contribution in [0.15, 0.2) is 59.6 Å². The third kappa shape index (κ3) is 3.92. The van der Waals surface area contributed by atoms with Gasteiger partial charge in [-0.1, -0.05) is 31.2 Å². The molecule has 0 aliphatic carbocycles. The maximum absolute atomic E-state index is 12.9. The Balaban J connectivity index is 1.60. The summed E-state index contributed by atoms with van der Waals surface area (Å²) in [5.74, 6) is 0.597. The number of aromatic nitrogens is 1. The van der Waals surface area contributed by atoms with Gasteiger partial charge >= 0.3 is 0 Å². The lowest BCUT2D eigenvalue weighted by atomic mass is 10.1. The first-order valence-corrected chi connectivity index (χ1v) is 10.4. The van der Waals surface area contributed by atoms with Crippen molar-refractivity contribution in [3.8, 4) is 16.3 Å². The molecule has 1 aliphatic rings. The van der Waals surface area contributed by atoms with Crippen molar-refractivity contribution in [2.45, 2.75) is 13.3 Å². The molecule has 1 fully saturated rings. The van der Waals surface area contributed by atoms with Gasteiger partial charge in [0.2, 0.25) is 0 Å². The van der Waals surface area contributed by atoms with E-state index in [1.165, 1.54) is 16.2 Å². The van der Waals surface area contributed by atoms with E-state index in [0.717, 1.165) is 34.0 Å². The van der Waals surface area contributed by atoms with E-state index in [4.69, 9.17) is 17.0 Å². The smallest absolute Gasteiger partial charge is 0.281 e. The molecule has 29 heavy (non-hydrogen) atoms. The lowest BCUT2D eigenvalue weighted by molar-refractivity contribution is -0.113. The fraction of sp³-hybridized carbons (Fsp3) is 0.136. The van der Waals surface area contributed by atoms with E-state index in [0.29, 0.717) is 16.5 Å². The topological polar surface area (TPSA) is 54.5 Å². The Morgan fingerprint density at radius 2 is 2.07 bits per heavy atom. The molecule has 3 aromatic rings. The predicted molar refractivity (Wildman–Crippen MR) is 121 cm³/mol. The van der Waals surface area contributed by atoms with Gasteiger partial charge in [-0.3, -0.25) is 9.69 Å². The average molecular weight is 422 g/mol. The molecule has 1 aliphatic heterocycles. The zero-order chi connectivity index (χ0) is 20.4. The van der Waals surface area contributed by atoms with Crippen LogP contribution >= 0.6 is 23.6 Å². The van der Waals surface area contributed by atoms with Crippen molar-refractivity contribution in [2.24, 2.45) is 0 Å². The number of carbonyl (C=O) groups is 1. The van der Waals surface area contributed by atoms with Crippen molar-refractivity contribution >= 4 is 46.3 Å². The molecule has 1 N–H and O–H groups in total. The summed E-state index contributed by atoms with van der Waals surface area (Å²) in [6, 6.07) is 15.6. The van der Waals surface area contributed by atoms with Gasteiger partial charge in [-0.2, -0.15) is 0 Å². The van der Waals surface area contributed by atoms with Gasteiger partial charge in [0, 0.05) is 10.9 Å². The second-order valence-corrected chi connectivity index (χ2v) is 7.71. The van der Waals surface area contributed by atoms with Crippen LogP contribution in [0.5, 0.6) is 5.75 Å². The Morgan fingerprint density at radius 3 is 2.86 bits per heavy atom. The molecule has 5 nitrogen and oxygen atoms in total. The summed E-state index contributed by atoms with van der Waals surface area (Å²) in [5.41, 5.74) is 4.01. The summed E-state index contributed by atoms with van der Waals surface area (Å²) in [6.45, 7) is 2.08. The van der Waals surface area contributed by atoms with Crippen LogP contribution in [0.3, 0.4) is 0 Å². The van der Waals surface area contributed by atoms with Gasteiger partial charge in [0.25, 0.3) is 5.91 Å². The minimum Gasteiger partial charge on any atom is -0.497 e. The molecule has 1 saturated heterocycles. The minimum atomic E-state index is -0.181. The van der Waals surface area contributed by atoms with Crippen LogP contribution in [0.4, 0.5) is 5.69 Å². The molecule has 0 saturated carbocycles. The minimum absolute atomic E-state index is 0.181. The molecule has 1 aromatic heterocycles. The first kappa shape index (κ1) is 19.3. The summed E-state index contributed by atoms with van der Waals surface area (Å²) >= 11 is 6.92. The summed E-state index contributed by atoms with van der Waals surface area (Å²) in [5, 5.41) is 6.17. The number of nitrogens with one attached hydrogen (secondary N) is 1. The van der Waals surface area contributed by atoms with Crippen molar-refractivity contribution < 1.29 is 9.53 Å². The number of methoxy groups -OCH3 is 1. The number of hydrogen-bond donors (Lipinski definition) is 1. The van der Waals surface area contributed by atoms with Gasteiger partial charge in [0.1, 0.15) is 16.5 Å². The third-order valence-corrected chi connectivity index (χ3v) is 5.78. The Labute approximate surface area is 178 Å². The largest absolute Gasteiger partial charge is 0.497 e. The van der Waals surface area contributed by atoms with Crippen LogP contribution < -0.4 is 15.0 Å². The molecular formula is C22H19N3O2S2. The highest BCUT2D eigenvalue weighted by atomic mass is 32.1. The number of amides is 1. The Hall–Kier alpha value is -3.03. The van der Waals surface area contributed by atoms with E-state index in [-0.39, 0.29) is 5.91 Å². The molecule has 0 unspecified atom stereocenters. The highest BCUT2D eigenvalue weighted by Crippen LogP contribution is 2.28. The van der Waals surface area contributed by atoms with Crippen molar-refractivity contribution in [1.29, 1.82) is 0 Å². The van der Waals surface area contributed by atoms with Gasteiger partial charge in [-0.25, -0.2) is 4.98 Å². The quantitative estimate of drug-likeness (QED) is 0.480. The van der Waals surface area contributed by atoms with E-state index in [9.17, 15) is 4.79 Å². The highest BCUT2D eigenvalue weighted by molar-refractivity contribution is 7.80. The first-order chi connectivity index (χ1) is 14.1. The van der Waals surface area contributed by atoms with Gasteiger partial charge in [0.15, 0.2) is 5.11 Å². The lowest BCUT2D eigenvalue weighted by Gasteiger charge is -2.14. The molecule has 2 heterocycles. The monoisotopic (exact) mass is 421 g/mol. The number of benzene rings is 2. The zero-order valence-corrected chi connectivity index (χ0v) is 17.6. The van der Waals surface area contributed by atoms with Crippen LogP contribution in [-0.2, 0) is 11.2 Å². The molecular weight excluding hydrogens is 402 g/mol. The van der Waals surface area contributed by atoms with E-state index in [2.05, 4.69) is 17.2 Å². The Kier molecular flexibility index (Phi) is 5.42. The number of thiocarbonyl (C=S) groups is 1. The number of aryl methyl sites for hydroxylation is 1. The van der Waals surface area contributed by atoms with Crippen molar-refractivity contribution in [2.75, 3.05) is 12.0 Å². The van der Waals surface area contributed by atoms with Crippen molar-refractivity contribution in [1.82, 2.24) is 10.3 Å². The molecule has 146 valence electrons. The molecule has 7 heteroatoms. The van der Waals surface area contributed by atoms with Gasteiger partial charge in [-0.15, -0.1) is 11.3 Å². The maximum Gasteiger partial charge on any atom is 0.281 e. The Morgan fingerprint density at radius 1 is 1.24 bits per heavy atom. The summed E-state index contributed by atoms with van der Waals surface area (Å²) in [6.07, 6.45) is 2.63. The highest BCUT2D eigenvalue weighted by Gasteiger charge is 2.32. The van der Waals surface area contributed by atoms with Crippen LogP contribution in [0.25, 0.3) is 16.6 Å². The first-order valence-electron chi connectivity index (χ1n) is 9.15. The number of hydrogen-bond acceptors (Lipinski definition) is 5. The van der Waals surface area contributed by atoms with Crippen LogP contribution in [0, 0.1) is 0 Å². The molecule has 1 amide bonds. The average Bonchev–Trinajstić information content (AvgIpc) is 3.32. The normalized spacial score (nSPS) is 15.1. The van der Waals surface area contributed by atoms with Crippen LogP contribution in [0.2, 0.25) is 0 Å². The van der Waals surface area contributed by atoms with Crippen LogP contribution in [0.1, 0.15) is 18.2 Å². The van der Waals surface area contributed by atoms with Crippen molar-refractivity contribution in [3.05, 3.63) is 70.9 Å². The van der Waals surface area contributed by atoms with E-state index >= 15 is 0 Å². The summed E-state index contributed by atoms with van der Waals surface area (Å²) < 4.78 is 5.28. The van der Waals surface area contributed by atoms with Crippen molar-refractivity contribution in [3.63, 3.8) is 0 Å². The van der Waals surface area contributed by atoms with E-state index < -0.39 is 0 Å². The number of nitrogens with zero attached hydrogens (tertiary/aromatic N) is 2. The molecule has 0 spiro atoms. The van der Waals surface area contributed by atoms with Crippen LogP contribution in [-0.4, -0.2) is 23.1 Å². The fourth-order valence-electron chi connectivity index (χ4n) is 3.07. The maximum atomic E-state index is 12.9. The van der Waals surface area contributed by atoms with Gasteiger partial charge in [0.05, 0.1) is 18.5 Å². The second kappa shape index (κ2) is 8.14. The number of carbonyl (C=O) groups excluding carboxylic acids is 1. The lowest BCUT2D eigenvalue weighted by Crippen LogP contribution is -2.30. The molecule has 4 rings (SSSR count). The van der Waals surface area contributed by atoms with Gasteiger partial charge < -0.3 is 10.1 Å². The number of ether oxygens (including phenoxy) is 1. The zero-order valence-electron chi connectivity index (χ0n) is 16.0. The summed E-state index contributed by atoms with van der Waals surface area (Å²) in [4.78, 5) is 19.1. The fourth-order valence-corrected chi connectivity index (χ4v) is 4.15. The molecule has 2 aromatic carbocycles. The molecule has 0 atom stereocenters. The van der Waals surface area contributed by atoms with E-state index in [1.807, 2.05) is 53.9 Å². The molecule has 0 radical (unpaired) electrons. The third-order valence-electron chi connectivity index (χ3n) is 4.59. The van der Waals surface area contributed by atoms with Gasteiger partial charge in [-0.05, 0) is 54.5 Å². The summed E-state index contributed by atoms with van der Waals surface area (Å²) in [7, 11) is 1.64. The number of anilines is 1. The predicted octanol–water partition coefficient (Wildman–Crippen LogP) is 4.64.